The molecule has 0 radical (unpaired) electrons. The van der Waals surface area contributed by atoms with Crippen LogP contribution in [0.25, 0.3) is 11.1 Å². The molecule has 0 spiro atoms. The van der Waals surface area contributed by atoms with Gasteiger partial charge in [-0.15, -0.1) is 0 Å². The predicted octanol–water partition coefficient (Wildman–Crippen LogP) is 4.28. The lowest BCUT2D eigenvalue weighted by molar-refractivity contribution is 0.112. The number of carbonyl (C=O) groups excluding carboxylic acids is 1. The second-order valence-corrected chi connectivity index (χ2v) is 5.63. The van der Waals surface area contributed by atoms with Crippen LogP contribution in [0.15, 0.2) is 34.7 Å². The predicted molar refractivity (Wildman–Crippen MR) is 77.6 cm³/mol. The third-order valence-electron chi connectivity index (χ3n) is 2.80. The minimum absolute atomic E-state index is 0.131. The number of nitrogens with one attached hydrogen (secondary N) is 1. The molecule has 1 aromatic carbocycles. The van der Waals surface area contributed by atoms with Crippen LogP contribution in [0.1, 0.15) is 36.9 Å². The second kappa shape index (κ2) is 4.92. The van der Waals surface area contributed by atoms with E-state index in [2.05, 4.69) is 26.1 Å². The van der Waals surface area contributed by atoms with E-state index in [-0.39, 0.29) is 5.54 Å². The van der Waals surface area contributed by atoms with Crippen LogP contribution in [0, 0.1) is 6.92 Å². The van der Waals surface area contributed by atoms with Gasteiger partial charge < -0.3 is 9.73 Å². The number of aryl methyl sites for hydroxylation is 1. The number of benzene rings is 1. The lowest BCUT2D eigenvalue weighted by Crippen LogP contribution is -2.26. The molecule has 0 aliphatic heterocycles. The van der Waals surface area contributed by atoms with E-state index in [0.717, 1.165) is 17.4 Å². The van der Waals surface area contributed by atoms with Crippen LogP contribution in [0.3, 0.4) is 0 Å². The van der Waals surface area contributed by atoms with Crippen molar-refractivity contribution in [2.24, 2.45) is 0 Å². The molecule has 3 heteroatoms. The van der Waals surface area contributed by atoms with Crippen LogP contribution < -0.4 is 5.32 Å². The Morgan fingerprint density at radius 1 is 1.16 bits per heavy atom. The second-order valence-electron chi connectivity index (χ2n) is 5.63. The molecule has 0 aliphatic carbocycles. The SMILES string of the molecule is Cc1oc(NC(C)(C)C)c(-c2ccccc2)c1C=O. The number of hydrogen-bond donors (Lipinski definition) is 1. The highest BCUT2D eigenvalue weighted by Crippen LogP contribution is 2.36. The summed E-state index contributed by atoms with van der Waals surface area (Å²) in [4.78, 5) is 11.3. The van der Waals surface area contributed by atoms with Crippen molar-refractivity contribution in [1.29, 1.82) is 0 Å². The zero-order chi connectivity index (χ0) is 14.0. The number of anilines is 1. The fourth-order valence-electron chi connectivity index (χ4n) is 2.02. The van der Waals surface area contributed by atoms with Crippen molar-refractivity contribution < 1.29 is 9.21 Å². The summed E-state index contributed by atoms with van der Waals surface area (Å²) in [6.07, 6.45) is 0.856. The van der Waals surface area contributed by atoms with Gasteiger partial charge in [0, 0.05) is 5.54 Å². The smallest absolute Gasteiger partial charge is 0.202 e. The number of furan rings is 1. The largest absolute Gasteiger partial charge is 0.445 e. The minimum atomic E-state index is -0.131. The molecule has 100 valence electrons. The standard InChI is InChI=1S/C16H19NO2/c1-11-13(10-18)14(12-8-6-5-7-9-12)15(19-11)17-16(2,3)4/h5-10,17H,1-4H3. The van der Waals surface area contributed by atoms with Crippen LogP contribution in [-0.4, -0.2) is 11.8 Å². The molecule has 0 amide bonds. The fourth-order valence-corrected chi connectivity index (χ4v) is 2.02. The van der Waals surface area contributed by atoms with Gasteiger partial charge in [-0.3, -0.25) is 4.79 Å². The topological polar surface area (TPSA) is 42.2 Å². The highest BCUT2D eigenvalue weighted by molar-refractivity contribution is 5.94. The summed E-state index contributed by atoms with van der Waals surface area (Å²) in [7, 11) is 0. The number of aldehydes is 1. The first-order valence-electron chi connectivity index (χ1n) is 6.34. The van der Waals surface area contributed by atoms with E-state index < -0.39 is 0 Å². The summed E-state index contributed by atoms with van der Waals surface area (Å²) in [5.41, 5.74) is 2.29. The monoisotopic (exact) mass is 257 g/mol. The van der Waals surface area contributed by atoms with Crippen molar-refractivity contribution in [3.63, 3.8) is 0 Å². The molecule has 1 heterocycles. The van der Waals surface area contributed by atoms with Crippen LogP contribution in [-0.2, 0) is 0 Å². The Balaban J connectivity index is 2.59. The Labute approximate surface area is 113 Å². The van der Waals surface area contributed by atoms with Crippen LogP contribution in [0.2, 0.25) is 0 Å². The van der Waals surface area contributed by atoms with Gasteiger partial charge in [-0.2, -0.15) is 0 Å². The van der Waals surface area contributed by atoms with E-state index in [1.807, 2.05) is 37.3 Å². The molecule has 1 N–H and O–H groups in total. The van der Waals surface area contributed by atoms with Crippen molar-refractivity contribution in [3.05, 3.63) is 41.7 Å². The molecule has 3 nitrogen and oxygen atoms in total. The Hall–Kier alpha value is -2.03. The van der Waals surface area contributed by atoms with Gasteiger partial charge >= 0.3 is 0 Å². The Bertz CT molecular complexity index is 577. The van der Waals surface area contributed by atoms with Gasteiger partial charge in [0.2, 0.25) is 5.88 Å². The van der Waals surface area contributed by atoms with Crippen LogP contribution in [0.4, 0.5) is 5.88 Å². The first-order valence-corrected chi connectivity index (χ1v) is 6.34. The van der Waals surface area contributed by atoms with E-state index in [9.17, 15) is 4.79 Å². The summed E-state index contributed by atoms with van der Waals surface area (Å²) < 4.78 is 5.72. The van der Waals surface area contributed by atoms with E-state index in [0.29, 0.717) is 17.2 Å². The van der Waals surface area contributed by atoms with Gasteiger partial charge in [0.05, 0.1) is 11.1 Å². The van der Waals surface area contributed by atoms with Crippen molar-refractivity contribution in [3.8, 4) is 11.1 Å². The van der Waals surface area contributed by atoms with Gasteiger partial charge in [-0.05, 0) is 33.3 Å². The Morgan fingerprint density at radius 3 is 2.32 bits per heavy atom. The maximum absolute atomic E-state index is 11.3. The quantitative estimate of drug-likeness (QED) is 0.834. The third kappa shape index (κ3) is 2.87. The van der Waals surface area contributed by atoms with Crippen LogP contribution >= 0.6 is 0 Å². The molecule has 19 heavy (non-hydrogen) atoms. The summed E-state index contributed by atoms with van der Waals surface area (Å²) in [6.45, 7) is 7.98. The van der Waals surface area contributed by atoms with Gasteiger partial charge in [0.25, 0.3) is 0 Å². The third-order valence-corrected chi connectivity index (χ3v) is 2.80. The minimum Gasteiger partial charge on any atom is -0.445 e. The highest BCUT2D eigenvalue weighted by atomic mass is 16.4. The Morgan fingerprint density at radius 2 is 1.79 bits per heavy atom. The van der Waals surface area contributed by atoms with Crippen molar-refractivity contribution in [1.82, 2.24) is 0 Å². The molecular weight excluding hydrogens is 238 g/mol. The van der Waals surface area contributed by atoms with E-state index >= 15 is 0 Å². The zero-order valence-corrected chi connectivity index (χ0v) is 11.8. The average molecular weight is 257 g/mol. The molecule has 2 aromatic rings. The first kappa shape index (κ1) is 13.4. The lowest BCUT2D eigenvalue weighted by atomic mass is 10.0. The molecule has 0 aliphatic rings. The molecule has 0 saturated carbocycles. The number of carbonyl (C=O) groups is 1. The summed E-state index contributed by atoms with van der Waals surface area (Å²) >= 11 is 0. The highest BCUT2D eigenvalue weighted by Gasteiger charge is 2.22. The molecule has 0 unspecified atom stereocenters. The fraction of sp³-hybridized carbons (Fsp3) is 0.312. The van der Waals surface area contributed by atoms with Crippen molar-refractivity contribution >= 4 is 12.2 Å². The van der Waals surface area contributed by atoms with E-state index in [4.69, 9.17) is 4.42 Å². The summed E-state index contributed by atoms with van der Waals surface area (Å²) in [5.74, 6) is 1.29. The molecule has 0 saturated heterocycles. The zero-order valence-electron chi connectivity index (χ0n) is 11.8. The number of hydrogen-bond acceptors (Lipinski definition) is 3. The van der Waals surface area contributed by atoms with Gasteiger partial charge in [0.1, 0.15) is 5.76 Å². The van der Waals surface area contributed by atoms with Gasteiger partial charge in [0.15, 0.2) is 6.29 Å². The molecule has 0 fully saturated rings. The van der Waals surface area contributed by atoms with Gasteiger partial charge in [-0.25, -0.2) is 0 Å². The maximum Gasteiger partial charge on any atom is 0.202 e. The van der Waals surface area contributed by atoms with Crippen molar-refractivity contribution in [2.75, 3.05) is 5.32 Å². The molecule has 2 rings (SSSR count). The summed E-state index contributed by atoms with van der Waals surface area (Å²) in [6, 6.07) is 9.81. The van der Waals surface area contributed by atoms with E-state index in [1.54, 1.807) is 0 Å². The molecular formula is C16H19NO2. The van der Waals surface area contributed by atoms with Crippen molar-refractivity contribution in [2.45, 2.75) is 33.2 Å². The normalized spacial score (nSPS) is 11.4. The van der Waals surface area contributed by atoms with Crippen LogP contribution in [0.5, 0.6) is 0 Å². The molecule has 0 atom stereocenters. The Kier molecular flexibility index (Phi) is 3.47. The number of rotatable bonds is 3. The summed E-state index contributed by atoms with van der Waals surface area (Å²) in [5, 5.41) is 3.32. The van der Waals surface area contributed by atoms with Gasteiger partial charge in [-0.1, -0.05) is 30.3 Å². The average Bonchev–Trinajstić information content (AvgIpc) is 2.63. The maximum atomic E-state index is 11.3. The lowest BCUT2D eigenvalue weighted by Gasteiger charge is -2.21. The molecule has 0 bridgehead atoms. The first-order chi connectivity index (χ1) is 8.92. The van der Waals surface area contributed by atoms with E-state index in [1.165, 1.54) is 0 Å². The molecule has 1 aromatic heterocycles.